The Kier molecular flexibility index (Phi) is 6.36. The van der Waals surface area contributed by atoms with Gasteiger partial charge in [0, 0.05) is 24.7 Å². The molecule has 5 nitrogen and oxygen atoms in total. The number of aromatic nitrogens is 2. The molecule has 0 saturated heterocycles. The zero-order chi connectivity index (χ0) is 18.6. The number of nitrogens with zero attached hydrogens (tertiary/aromatic N) is 2. The van der Waals surface area contributed by atoms with Gasteiger partial charge < -0.3 is 4.74 Å². The summed E-state index contributed by atoms with van der Waals surface area (Å²) < 4.78 is 19.7. The van der Waals surface area contributed by atoms with Gasteiger partial charge in [-0.1, -0.05) is 23.9 Å². The molecular formula is C18H21FN2O3S. The van der Waals surface area contributed by atoms with Crippen molar-refractivity contribution in [2.24, 2.45) is 7.05 Å². The topological polar surface area (TPSA) is 61.2 Å². The zero-order valence-corrected chi connectivity index (χ0v) is 15.5. The molecule has 0 radical (unpaired) electrons. The second-order valence-corrected chi connectivity index (χ2v) is 6.95. The molecule has 0 fully saturated rings. The molecule has 2 rings (SSSR count). The van der Waals surface area contributed by atoms with E-state index in [1.807, 2.05) is 0 Å². The molecule has 1 aromatic heterocycles. The van der Waals surface area contributed by atoms with E-state index >= 15 is 0 Å². The maximum absolute atomic E-state index is 13.4. The molecule has 7 heteroatoms. The van der Waals surface area contributed by atoms with Crippen LogP contribution in [0.15, 0.2) is 34.2 Å². The van der Waals surface area contributed by atoms with E-state index < -0.39 is 5.25 Å². The number of carbonyl (C=O) groups excluding carboxylic acids is 1. The van der Waals surface area contributed by atoms with Crippen molar-refractivity contribution in [3.05, 3.63) is 57.3 Å². The van der Waals surface area contributed by atoms with Crippen molar-refractivity contribution in [1.29, 1.82) is 0 Å². The molecule has 0 amide bonds. The number of ether oxygens (including phenoxy) is 1. The van der Waals surface area contributed by atoms with Gasteiger partial charge in [0.1, 0.15) is 11.1 Å². The van der Waals surface area contributed by atoms with Crippen molar-refractivity contribution >= 4 is 17.7 Å². The van der Waals surface area contributed by atoms with Crippen LogP contribution >= 0.6 is 11.8 Å². The number of thioether (sulfide) groups is 1. The molecule has 1 heterocycles. The summed E-state index contributed by atoms with van der Waals surface area (Å²) in [6, 6.07) is 6.16. The van der Waals surface area contributed by atoms with Crippen LogP contribution in [0.1, 0.15) is 30.7 Å². The van der Waals surface area contributed by atoms with Crippen LogP contribution in [0.2, 0.25) is 0 Å². The number of hydrogen-bond acceptors (Lipinski definition) is 5. The summed E-state index contributed by atoms with van der Waals surface area (Å²) in [7, 11) is 1.62. The predicted octanol–water partition coefficient (Wildman–Crippen LogP) is 2.86. The van der Waals surface area contributed by atoms with Gasteiger partial charge in [-0.2, -0.15) is 0 Å². The Bertz CT molecular complexity index is 836. The Morgan fingerprint density at radius 2 is 2.16 bits per heavy atom. The second-order valence-electron chi connectivity index (χ2n) is 5.64. The Morgan fingerprint density at radius 3 is 2.80 bits per heavy atom. The van der Waals surface area contributed by atoms with Gasteiger partial charge in [0.25, 0.3) is 5.56 Å². The number of rotatable bonds is 6. The third-order valence-electron chi connectivity index (χ3n) is 3.72. The zero-order valence-electron chi connectivity index (χ0n) is 14.7. The van der Waals surface area contributed by atoms with Gasteiger partial charge in [0.15, 0.2) is 5.16 Å². The largest absolute Gasteiger partial charge is 0.465 e. The summed E-state index contributed by atoms with van der Waals surface area (Å²) in [5.41, 5.74) is 1.60. The first-order valence-electron chi connectivity index (χ1n) is 7.97. The predicted molar refractivity (Wildman–Crippen MR) is 95.4 cm³/mol. The van der Waals surface area contributed by atoms with Crippen LogP contribution in [0, 0.1) is 12.7 Å². The molecule has 0 N–H and O–H groups in total. The maximum atomic E-state index is 13.4. The molecule has 0 aliphatic carbocycles. The van der Waals surface area contributed by atoms with Gasteiger partial charge in [-0.3, -0.25) is 14.2 Å². The molecule has 25 heavy (non-hydrogen) atoms. The molecule has 134 valence electrons. The summed E-state index contributed by atoms with van der Waals surface area (Å²) >= 11 is 1.18. The molecule has 0 aliphatic heterocycles. The third-order valence-corrected chi connectivity index (χ3v) is 4.84. The fraction of sp³-hybridized carbons (Fsp3) is 0.389. The van der Waals surface area contributed by atoms with Crippen molar-refractivity contribution in [2.75, 3.05) is 6.61 Å². The van der Waals surface area contributed by atoms with Crippen LogP contribution in [0.5, 0.6) is 0 Å². The molecule has 1 aromatic carbocycles. The van der Waals surface area contributed by atoms with Gasteiger partial charge in [-0.25, -0.2) is 9.37 Å². The number of benzene rings is 1. The average molecular weight is 364 g/mol. The smallest absolute Gasteiger partial charge is 0.319 e. The Morgan fingerprint density at radius 1 is 1.44 bits per heavy atom. The molecule has 2 aromatic rings. The fourth-order valence-electron chi connectivity index (χ4n) is 2.36. The first kappa shape index (κ1) is 19.2. The first-order valence-corrected chi connectivity index (χ1v) is 8.85. The first-order chi connectivity index (χ1) is 11.8. The number of esters is 1. The minimum Gasteiger partial charge on any atom is -0.465 e. The van der Waals surface area contributed by atoms with Crippen molar-refractivity contribution in [2.45, 2.75) is 37.6 Å². The van der Waals surface area contributed by atoms with E-state index in [-0.39, 0.29) is 17.3 Å². The maximum Gasteiger partial charge on any atom is 0.319 e. The van der Waals surface area contributed by atoms with E-state index in [9.17, 15) is 14.0 Å². The van der Waals surface area contributed by atoms with E-state index in [4.69, 9.17) is 4.74 Å². The number of aryl methyl sites for hydroxylation is 1. The fourth-order valence-corrected chi connectivity index (χ4v) is 3.27. The van der Waals surface area contributed by atoms with Gasteiger partial charge in [-0.15, -0.1) is 0 Å². The highest BCUT2D eigenvalue weighted by Crippen LogP contribution is 2.22. The molecule has 1 atom stereocenters. The second kappa shape index (κ2) is 8.29. The summed E-state index contributed by atoms with van der Waals surface area (Å²) in [4.78, 5) is 28.9. The van der Waals surface area contributed by atoms with Crippen LogP contribution in [0.3, 0.4) is 0 Å². The Hall–Kier alpha value is -2.15. The van der Waals surface area contributed by atoms with Crippen molar-refractivity contribution in [3.8, 4) is 0 Å². The molecular weight excluding hydrogens is 343 g/mol. The van der Waals surface area contributed by atoms with E-state index in [0.717, 1.165) is 0 Å². The van der Waals surface area contributed by atoms with Crippen LogP contribution in [-0.2, 0) is 23.0 Å². The third kappa shape index (κ3) is 4.69. The Labute approximate surface area is 150 Å². The standard InChI is InChI=1S/C18H21FN2O3S/c1-5-24-17(23)12(3)25-18-20-11(2)15(16(22)21(18)4)10-13-7-6-8-14(19)9-13/h6-9,12H,5,10H2,1-4H3/t12-/m1/s1. The lowest BCUT2D eigenvalue weighted by molar-refractivity contribution is -0.142. The lowest BCUT2D eigenvalue weighted by Gasteiger charge is -2.14. The van der Waals surface area contributed by atoms with E-state index in [1.54, 1.807) is 40.0 Å². The SMILES string of the molecule is CCOC(=O)[C@@H](C)Sc1nc(C)c(Cc2cccc(F)c2)c(=O)n1C. The van der Waals surface area contributed by atoms with Crippen molar-refractivity contribution < 1.29 is 13.9 Å². The van der Waals surface area contributed by atoms with E-state index in [2.05, 4.69) is 4.98 Å². The van der Waals surface area contributed by atoms with Gasteiger partial charge in [-0.05, 0) is 38.5 Å². The summed E-state index contributed by atoms with van der Waals surface area (Å²) in [5, 5.41) is -0.0161. The number of hydrogen-bond donors (Lipinski definition) is 0. The average Bonchev–Trinajstić information content (AvgIpc) is 2.56. The van der Waals surface area contributed by atoms with Gasteiger partial charge >= 0.3 is 5.97 Å². The van der Waals surface area contributed by atoms with Gasteiger partial charge in [0.05, 0.1) is 6.61 Å². The van der Waals surface area contributed by atoms with Crippen molar-refractivity contribution in [1.82, 2.24) is 9.55 Å². The number of carbonyl (C=O) groups is 1. The quantitative estimate of drug-likeness (QED) is 0.448. The van der Waals surface area contributed by atoms with Crippen LogP contribution in [0.25, 0.3) is 0 Å². The number of halogens is 1. The normalized spacial score (nSPS) is 12.0. The van der Waals surface area contributed by atoms with Crippen LogP contribution in [0.4, 0.5) is 4.39 Å². The monoisotopic (exact) mass is 364 g/mol. The minimum absolute atomic E-state index is 0.199. The molecule has 0 bridgehead atoms. The highest BCUT2D eigenvalue weighted by molar-refractivity contribution is 8.00. The molecule has 0 spiro atoms. The minimum atomic E-state index is -0.466. The van der Waals surface area contributed by atoms with Crippen LogP contribution in [-0.4, -0.2) is 27.4 Å². The van der Waals surface area contributed by atoms with E-state index in [0.29, 0.717) is 35.0 Å². The van der Waals surface area contributed by atoms with Crippen molar-refractivity contribution in [3.63, 3.8) is 0 Å². The lowest BCUT2D eigenvalue weighted by Crippen LogP contribution is -2.27. The van der Waals surface area contributed by atoms with E-state index in [1.165, 1.54) is 28.5 Å². The summed E-state index contributed by atoms with van der Waals surface area (Å²) in [6.45, 7) is 5.51. The molecule has 0 saturated carbocycles. The summed E-state index contributed by atoms with van der Waals surface area (Å²) in [5.74, 6) is -0.682. The molecule has 0 unspecified atom stereocenters. The highest BCUT2D eigenvalue weighted by Gasteiger charge is 2.20. The lowest BCUT2D eigenvalue weighted by atomic mass is 10.1. The van der Waals surface area contributed by atoms with Gasteiger partial charge in [0.2, 0.25) is 0 Å². The Balaban J connectivity index is 2.30. The van der Waals surface area contributed by atoms with Crippen LogP contribution < -0.4 is 5.56 Å². The highest BCUT2D eigenvalue weighted by atomic mass is 32.2. The molecule has 0 aliphatic rings. The summed E-state index contributed by atoms with van der Waals surface area (Å²) in [6.07, 6.45) is 0.307.